The van der Waals surface area contributed by atoms with E-state index in [2.05, 4.69) is 45.0 Å². The van der Waals surface area contributed by atoms with E-state index in [1.165, 1.54) is 6.33 Å². The van der Waals surface area contributed by atoms with E-state index in [1.54, 1.807) is 4.52 Å². The van der Waals surface area contributed by atoms with Crippen LogP contribution in [-0.4, -0.2) is 24.4 Å². The minimum absolute atomic E-state index is 0.319. The number of nitrogens with zero attached hydrogens (tertiary/aromatic N) is 5. The minimum atomic E-state index is 0.319. The van der Waals surface area contributed by atoms with Gasteiger partial charge in [-0.05, 0) is 35.8 Å². The van der Waals surface area contributed by atoms with Gasteiger partial charge in [-0.25, -0.2) is 9.50 Å². The summed E-state index contributed by atoms with van der Waals surface area (Å²) in [6.45, 7) is 4.17. The lowest BCUT2D eigenvalue weighted by molar-refractivity contribution is 0.532. The van der Waals surface area contributed by atoms with Crippen LogP contribution >= 0.6 is 15.9 Å². The Labute approximate surface area is 118 Å². The maximum Gasteiger partial charge on any atom is 0.152 e. The Hall–Kier alpha value is -1.89. The van der Waals surface area contributed by atoms with Crippen LogP contribution in [0.4, 0.5) is 5.82 Å². The smallest absolute Gasteiger partial charge is 0.152 e. The second-order valence-corrected chi connectivity index (χ2v) is 5.40. The maximum absolute atomic E-state index is 5.95. The summed E-state index contributed by atoms with van der Waals surface area (Å²) >= 11 is 3.47. The molecule has 7 heteroatoms. The molecule has 0 aliphatic rings. The molecule has 0 aliphatic carbocycles. The summed E-state index contributed by atoms with van der Waals surface area (Å²) in [6, 6.07) is 2.29. The third-order valence-electron chi connectivity index (χ3n) is 2.98. The molecule has 2 N–H and O–H groups in total. The van der Waals surface area contributed by atoms with Gasteiger partial charge in [-0.2, -0.15) is 10.2 Å². The van der Waals surface area contributed by atoms with Crippen molar-refractivity contribution in [2.45, 2.75) is 19.9 Å². The van der Waals surface area contributed by atoms with Crippen LogP contribution in [0.1, 0.15) is 19.9 Å². The monoisotopic (exact) mass is 320 g/mol. The third-order valence-corrected chi connectivity index (χ3v) is 3.55. The molecule has 98 valence electrons. The van der Waals surface area contributed by atoms with Gasteiger partial charge in [-0.1, -0.05) is 0 Å². The van der Waals surface area contributed by atoms with Crippen molar-refractivity contribution in [3.8, 4) is 11.1 Å². The van der Waals surface area contributed by atoms with Crippen molar-refractivity contribution in [1.82, 2.24) is 24.4 Å². The van der Waals surface area contributed by atoms with E-state index in [-0.39, 0.29) is 0 Å². The standard InChI is InChI=1S/C12H13BrN6/c1-7(2)18-5-8(4-16-18)9-3-10(13)19-11(9)12(14)15-6-17-19/h3-7H,1-2H3,(H2,14,15,17). The third kappa shape index (κ3) is 1.90. The van der Waals surface area contributed by atoms with E-state index >= 15 is 0 Å². The molecule has 0 bridgehead atoms. The quantitative estimate of drug-likeness (QED) is 0.787. The van der Waals surface area contributed by atoms with Crippen molar-refractivity contribution in [3.63, 3.8) is 0 Å². The van der Waals surface area contributed by atoms with E-state index in [4.69, 9.17) is 5.73 Å². The predicted octanol–water partition coefficient (Wildman–Crippen LogP) is 2.52. The number of anilines is 1. The van der Waals surface area contributed by atoms with E-state index in [0.717, 1.165) is 21.2 Å². The summed E-state index contributed by atoms with van der Waals surface area (Å²) in [4.78, 5) is 4.05. The molecule has 0 saturated carbocycles. The molecule has 0 atom stereocenters. The summed E-state index contributed by atoms with van der Waals surface area (Å²) in [5, 5.41) is 8.53. The summed E-state index contributed by atoms with van der Waals surface area (Å²) in [5.74, 6) is 0.452. The number of hydrogen-bond acceptors (Lipinski definition) is 4. The normalized spacial score (nSPS) is 11.6. The Bertz CT molecular complexity index is 742. The highest BCUT2D eigenvalue weighted by Crippen LogP contribution is 2.32. The van der Waals surface area contributed by atoms with Crippen LogP contribution in [0.25, 0.3) is 16.6 Å². The molecule has 3 heterocycles. The first-order chi connectivity index (χ1) is 9.08. The summed E-state index contributed by atoms with van der Waals surface area (Å²) in [6.07, 6.45) is 5.27. The van der Waals surface area contributed by atoms with Crippen molar-refractivity contribution in [3.05, 3.63) is 29.4 Å². The SMILES string of the molecule is CC(C)n1cc(-c2cc(Br)n3ncnc(N)c23)cn1. The van der Waals surface area contributed by atoms with Crippen molar-refractivity contribution >= 4 is 27.3 Å². The zero-order valence-corrected chi connectivity index (χ0v) is 12.2. The van der Waals surface area contributed by atoms with Gasteiger partial charge >= 0.3 is 0 Å². The molecule has 19 heavy (non-hydrogen) atoms. The average molecular weight is 321 g/mol. The first-order valence-electron chi connectivity index (χ1n) is 5.90. The Balaban J connectivity index is 2.24. The van der Waals surface area contributed by atoms with E-state index in [9.17, 15) is 0 Å². The van der Waals surface area contributed by atoms with Gasteiger partial charge in [-0.15, -0.1) is 0 Å². The van der Waals surface area contributed by atoms with Crippen molar-refractivity contribution in [1.29, 1.82) is 0 Å². The van der Waals surface area contributed by atoms with E-state index in [1.807, 2.05) is 23.1 Å². The van der Waals surface area contributed by atoms with Gasteiger partial charge in [0.25, 0.3) is 0 Å². The lowest BCUT2D eigenvalue weighted by Gasteiger charge is -2.03. The first-order valence-corrected chi connectivity index (χ1v) is 6.69. The highest BCUT2D eigenvalue weighted by atomic mass is 79.9. The molecule has 3 rings (SSSR count). The van der Waals surface area contributed by atoms with E-state index in [0.29, 0.717) is 11.9 Å². The van der Waals surface area contributed by atoms with Crippen LogP contribution in [0.15, 0.2) is 29.4 Å². The number of rotatable bonds is 2. The molecule has 0 aromatic carbocycles. The zero-order chi connectivity index (χ0) is 13.6. The number of halogens is 1. The summed E-state index contributed by atoms with van der Waals surface area (Å²) < 4.78 is 4.47. The molecular formula is C12H13BrN6. The molecule has 0 spiro atoms. The van der Waals surface area contributed by atoms with Gasteiger partial charge in [0.15, 0.2) is 5.82 Å². The second kappa shape index (κ2) is 4.34. The molecule has 0 aliphatic heterocycles. The second-order valence-electron chi connectivity index (χ2n) is 4.59. The molecule has 0 fully saturated rings. The molecular weight excluding hydrogens is 308 g/mol. The van der Waals surface area contributed by atoms with Gasteiger partial charge in [0, 0.05) is 23.4 Å². The Kier molecular flexibility index (Phi) is 2.78. The minimum Gasteiger partial charge on any atom is -0.382 e. The Morgan fingerprint density at radius 1 is 1.32 bits per heavy atom. The largest absolute Gasteiger partial charge is 0.382 e. The number of hydrogen-bond donors (Lipinski definition) is 1. The lowest BCUT2D eigenvalue weighted by atomic mass is 10.1. The van der Waals surface area contributed by atoms with Crippen LogP contribution in [0.2, 0.25) is 0 Å². The maximum atomic E-state index is 5.95. The Morgan fingerprint density at radius 2 is 2.11 bits per heavy atom. The van der Waals surface area contributed by atoms with Crippen LogP contribution < -0.4 is 5.73 Å². The van der Waals surface area contributed by atoms with Crippen LogP contribution in [0, 0.1) is 0 Å². The van der Waals surface area contributed by atoms with Crippen molar-refractivity contribution in [2.75, 3.05) is 5.73 Å². The number of nitrogen functional groups attached to an aromatic ring is 1. The highest BCUT2D eigenvalue weighted by molar-refractivity contribution is 9.10. The van der Waals surface area contributed by atoms with E-state index < -0.39 is 0 Å². The molecule has 6 nitrogen and oxygen atoms in total. The van der Waals surface area contributed by atoms with Gasteiger partial charge < -0.3 is 5.73 Å². The summed E-state index contributed by atoms with van der Waals surface area (Å²) in [5.41, 5.74) is 8.71. The fraction of sp³-hybridized carbons (Fsp3) is 0.250. The molecule has 0 radical (unpaired) electrons. The van der Waals surface area contributed by atoms with Gasteiger partial charge in [0.1, 0.15) is 16.4 Å². The average Bonchev–Trinajstić information content (AvgIpc) is 2.95. The van der Waals surface area contributed by atoms with Gasteiger partial charge in [0.05, 0.1) is 6.20 Å². The Morgan fingerprint density at radius 3 is 2.79 bits per heavy atom. The van der Waals surface area contributed by atoms with Crippen molar-refractivity contribution < 1.29 is 0 Å². The first kappa shape index (κ1) is 12.2. The fourth-order valence-corrected chi connectivity index (χ4v) is 2.51. The molecule has 0 amide bonds. The lowest BCUT2D eigenvalue weighted by Crippen LogP contribution is -2.00. The number of aromatic nitrogens is 5. The summed E-state index contributed by atoms with van der Waals surface area (Å²) in [7, 11) is 0. The van der Waals surface area contributed by atoms with Crippen LogP contribution in [0.3, 0.4) is 0 Å². The molecule has 0 saturated heterocycles. The van der Waals surface area contributed by atoms with Crippen molar-refractivity contribution in [2.24, 2.45) is 0 Å². The molecule has 0 unspecified atom stereocenters. The fourth-order valence-electron chi connectivity index (χ4n) is 2.01. The number of nitrogens with two attached hydrogens (primary N) is 1. The topological polar surface area (TPSA) is 74.0 Å². The zero-order valence-electron chi connectivity index (χ0n) is 10.6. The predicted molar refractivity (Wildman–Crippen MR) is 76.7 cm³/mol. The number of fused-ring (bicyclic) bond motifs is 1. The highest BCUT2D eigenvalue weighted by Gasteiger charge is 2.15. The molecule has 3 aromatic rings. The van der Waals surface area contributed by atoms with Crippen LogP contribution in [-0.2, 0) is 0 Å². The van der Waals surface area contributed by atoms with Gasteiger partial charge in [0.2, 0.25) is 0 Å². The van der Waals surface area contributed by atoms with Gasteiger partial charge in [-0.3, -0.25) is 4.68 Å². The molecule has 3 aromatic heterocycles. The van der Waals surface area contributed by atoms with Crippen LogP contribution in [0.5, 0.6) is 0 Å².